The Hall–Kier alpha value is -2.51. The summed E-state index contributed by atoms with van der Waals surface area (Å²) in [4.78, 5) is 11.3. The number of halogens is 3. The summed E-state index contributed by atoms with van der Waals surface area (Å²) in [5.74, 6) is -2.03. The van der Waals surface area contributed by atoms with Crippen molar-refractivity contribution in [1.82, 2.24) is 14.3 Å². The van der Waals surface area contributed by atoms with Gasteiger partial charge in [0.2, 0.25) is 0 Å². The van der Waals surface area contributed by atoms with E-state index in [1.165, 1.54) is 0 Å². The lowest BCUT2D eigenvalue weighted by molar-refractivity contribution is -0.184. The summed E-state index contributed by atoms with van der Waals surface area (Å²) >= 11 is 0. The van der Waals surface area contributed by atoms with Crippen molar-refractivity contribution in [3.63, 3.8) is 0 Å². The highest BCUT2D eigenvalue weighted by atomic mass is 19.4. The third-order valence-corrected chi connectivity index (χ3v) is 5.64. The van der Waals surface area contributed by atoms with Crippen molar-refractivity contribution in [3.05, 3.63) is 30.0 Å². The van der Waals surface area contributed by atoms with Gasteiger partial charge in [-0.2, -0.15) is 18.3 Å². The van der Waals surface area contributed by atoms with E-state index < -0.39 is 18.1 Å². The number of alkyl halides is 3. The molecular weight excluding hydrogens is 359 g/mol. The van der Waals surface area contributed by atoms with Crippen LogP contribution >= 0.6 is 0 Å². The Kier molecular flexibility index (Phi) is 4.16. The summed E-state index contributed by atoms with van der Waals surface area (Å²) < 4.78 is 42.4. The molecule has 4 rings (SSSR count). The van der Waals surface area contributed by atoms with Crippen LogP contribution in [-0.4, -0.2) is 31.6 Å². The van der Waals surface area contributed by atoms with Gasteiger partial charge in [-0.1, -0.05) is 0 Å². The topological polar surface area (TPSA) is 60.1 Å². The smallest absolute Gasteiger partial charge is 0.391 e. The van der Waals surface area contributed by atoms with Gasteiger partial charge in [0.1, 0.15) is 0 Å². The zero-order valence-electron chi connectivity index (χ0n) is 14.8. The lowest BCUT2D eigenvalue weighted by Crippen LogP contribution is -2.29. The quantitative estimate of drug-likeness (QED) is 0.724. The molecule has 0 spiro atoms. The van der Waals surface area contributed by atoms with Gasteiger partial charge >= 0.3 is 12.1 Å². The lowest BCUT2D eigenvalue weighted by atomic mass is 9.81. The number of aromatic nitrogens is 3. The Morgan fingerprint density at radius 2 is 1.93 bits per heavy atom. The molecule has 1 saturated carbocycles. The predicted octanol–water partition coefficient (Wildman–Crippen LogP) is 4.59. The van der Waals surface area contributed by atoms with Crippen LogP contribution in [0.25, 0.3) is 21.9 Å². The molecule has 27 heavy (non-hydrogen) atoms. The number of hydrogen-bond acceptors (Lipinski definition) is 2. The second kappa shape index (κ2) is 6.28. The Labute approximate surface area is 153 Å². The number of fused-ring (bicyclic) bond motifs is 3. The number of benzene rings is 1. The van der Waals surface area contributed by atoms with E-state index >= 15 is 0 Å². The maximum atomic E-state index is 12.9. The van der Waals surface area contributed by atoms with E-state index in [2.05, 4.69) is 5.10 Å². The van der Waals surface area contributed by atoms with Gasteiger partial charge < -0.3 is 9.67 Å². The standard InChI is InChI=1S/C19H20F3N3O2/c1-24-10-15-14-8-12(18(26)27)4-7-16(14)25(17(15)23-24)9-11-2-5-13(6-3-11)19(20,21)22/h4,7-8,10-11,13H,2-3,5-6,9H2,1H3,(H,26,27). The van der Waals surface area contributed by atoms with Crippen LogP contribution in [0.4, 0.5) is 13.2 Å². The highest BCUT2D eigenvalue weighted by Crippen LogP contribution is 2.40. The number of nitrogens with zero attached hydrogens (tertiary/aromatic N) is 3. The summed E-state index contributed by atoms with van der Waals surface area (Å²) in [6.07, 6.45) is -0.854. The predicted molar refractivity (Wildman–Crippen MR) is 94.7 cm³/mol. The van der Waals surface area contributed by atoms with Gasteiger partial charge in [0.05, 0.1) is 17.0 Å². The summed E-state index contributed by atoms with van der Waals surface area (Å²) in [6.45, 7) is 0.591. The minimum absolute atomic E-state index is 0.156. The number of aryl methyl sites for hydroxylation is 1. The summed E-state index contributed by atoms with van der Waals surface area (Å²) in [5.41, 5.74) is 1.82. The fraction of sp³-hybridized carbons (Fsp3) is 0.474. The second-order valence-corrected chi connectivity index (χ2v) is 7.45. The molecule has 144 valence electrons. The molecule has 1 fully saturated rings. The monoisotopic (exact) mass is 379 g/mol. The number of rotatable bonds is 3. The molecule has 1 aromatic carbocycles. The van der Waals surface area contributed by atoms with Crippen LogP contribution in [0.15, 0.2) is 24.4 Å². The molecule has 0 saturated heterocycles. The van der Waals surface area contributed by atoms with E-state index in [4.69, 9.17) is 0 Å². The van der Waals surface area contributed by atoms with Crippen molar-refractivity contribution in [1.29, 1.82) is 0 Å². The van der Waals surface area contributed by atoms with E-state index in [1.807, 2.05) is 10.8 Å². The van der Waals surface area contributed by atoms with Gasteiger partial charge in [-0.15, -0.1) is 0 Å². The van der Waals surface area contributed by atoms with Gasteiger partial charge in [0.25, 0.3) is 0 Å². The van der Waals surface area contributed by atoms with Crippen molar-refractivity contribution in [2.45, 2.75) is 38.4 Å². The Morgan fingerprint density at radius 1 is 1.22 bits per heavy atom. The van der Waals surface area contributed by atoms with Crippen molar-refractivity contribution < 1.29 is 23.1 Å². The van der Waals surface area contributed by atoms with Crippen molar-refractivity contribution in [2.75, 3.05) is 0 Å². The molecule has 0 atom stereocenters. The molecule has 2 aromatic heterocycles. The Morgan fingerprint density at radius 3 is 2.56 bits per heavy atom. The molecule has 2 heterocycles. The molecule has 0 radical (unpaired) electrons. The fourth-order valence-electron chi connectivity index (χ4n) is 4.22. The number of carboxylic acids is 1. The minimum atomic E-state index is -4.10. The average molecular weight is 379 g/mol. The first-order valence-corrected chi connectivity index (χ1v) is 8.99. The van der Waals surface area contributed by atoms with Crippen LogP contribution in [0.1, 0.15) is 36.0 Å². The normalized spacial score (nSPS) is 21.2. The van der Waals surface area contributed by atoms with Crippen LogP contribution in [-0.2, 0) is 13.6 Å². The van der Waals surface area contributed by atoms with Gasteiger partial charge in [0, 0.05) is 30.6 Å². The van der Waals surface area contributed by atoms with Gasteiger partial charge in [-0.25, -0.2) is 4.79 Å². The van der Waals surface area contributed by atoms with Crippen molar-refractivity contribution in [3.8, 4) is 0 Å². The third kappa shape index (κ3) is 3.17. The number of carboxylic acid groups (broad SMARTS) is 1. The largest absolute Gasteiger partial charge is 0.478 e. The van der Waals surface area contributed by atoms with E-state index in [1.54, 1.807) is 29.9 Å². The lowest BCUT2D eigenvalue weighted by Gasteiger charge is -2.30. The van der Waals surface area contributed by atoms with Gasteiger partial charge in [-0.3, -0.25) is 4.68 Å². The molecule has 1 aliphatic rings. The zero-order valence-corrected chi connectivity index (χ0v) is 14.8. The van der Waals surface area contributed by atoms with Crippen molar-refractivity contribution >= 4 is 27.9 Å². The first-order chi connectivity index (χ1) is 12.7. The fourth-order valence-corrected chi connectivity index (χ4v) is 4.22. The number of carbonyl (C=O) groups is 1. The van der Waals surface area contributed by atoms with Crippen LogP contribution in [0, 0.1) is 11.8 Å². The van der Waals surface area contributed by atoms with Crippen LogP contribution in [0.5, 0.6) is 0 Å². The third-order valence-electron chi connectivity index (χ3n) is 5.64. The molecule has 5 nitrogen and oxygen atoms in total. The molecule has 0 amide bonds. The van der Waals surface area contributed by atoms with Crippen molar-refractivity contribution in [2.24, 2.45) is 18.9 Å². The molecule has 0 unspecified atom stereocenters. The molecular formula is C19H20F3N3O2. The maximum absolute atomic E-state index is 12.9. The van der Waals surface area contributed by atoms with Gasteiger partial charge in [-0.05, 0) is 49.8 Å². The number of aromatic carboxylic acids is 1. The van der Waals surface area contributed by atoms with Crippen LogP contribution in [0.2, 0.25) is 0 Å². The number of hydrogen-bond donors (Lipinski definition) is 1. The summed E-state index contributed by atoms with van der Waals surface area (Å²) in [5, 5.41) is 15.4. The maximum Gasteiger partial charge on any atom is 0.391 e. The summed E-state index contributed by atoms with van der Waals surface area (Å²) in [6, 6.07) is 4.96. The second-order valence-electron chi connectivity index (χ2n) is 7.45. The average Bonchev–Trinajstić information content (AvgIpc) is 3.11. The first kappa shape index (κ1) is 17.9. The minimum Gasteiger partial charge on any atom is -0.478 e. The van der Waals surface area contributed by atoms with E-state index in [0.717, 1.165) is 21.9 Å². The summed E-state index contributed by atoms with van der Waals surface area (Å²) in [7, 11) is 1.80. The van der Waals surface area contributed by atoms with E-state index in [-0.39, 0.29) is 24.3 Å². The molecule has 1 aliphatic carbocycles. The Balaban J connectivity index is 1.68. The highest BCUT2D eigenvalue weighted by molar-refractivity contribution is 6.08. The SMILES string of the molecule is Cn1cc2c3cc(C(=O)O)ccc3n(CC3CCC(C(F)(F)F)CC3)c2n1. The molecule has 1 N–H and O–H groups in total. The molecule has 0 aliphatic heterocycles. The van der Waals surface area contributed by atoms with E-state index in [0.29, 0.717) is 19.4 Å². The van der Waals surface area contributed by atoms with Gasteiger partial charge in [0.15, 0.2) is 5.65 Å². The molecule has 3 aromatic rings. The molecule has 0 bridgehead atoms. The van der Waals surface area contributed by atoms with Crippen LogP contribution < -0.4 is 0 Å². The van der Waals surface area contributed by atoms with Crippen LogP contribution in [0.3, 0.4) is 0 Å². The molecule has 8 heteroatoms. The zero-order chi connectivity index (χ0) is 19.3. The van der Waals surface area contributed by atoms with E-state index in [9.17, 15) is 23.1 Å². The first-order valence-electron chi connectivity index (χ1n) is 8.99. The highest BCUT2D eigenvalue weighted by Gasteiger charge is 2.41. The Bertz CT molecular complexity index is 1010.